The number of nitrogens with one attached hydrogen (secondary N) is 1. The quantitative estimate of drug-likeness (QED) is 0.654. The Morgan fingerprint density at radius 2 is 1.94 bits per heavy atom. The molecule has 1 heterocycles. The van der Waals surface area contributed by atoms with Crippen LogP contribution in [0.5, 0.6) is 0 Å². The normalized spacial score (nSPS) is 19.3. The number of rotatable bonds is 8. The average Bonchev–Trinajstić information content (AvgIpc) is 2.37. The van der Waals surface area contributed by atoms with E-state index in [0.717, 1.165) is 19.0 Å². The monoisotopic (exact) mass is 256 g/mol. The van der Waals surface area contributed by atoms with Gasteiger partial charge in [0.15, 0.2) is 0 Å². The smallest absolute Gasteiger partial charge is 0.0482 e. The molecular weight excluding hydrogens is 224 g/mol. The number of hydrogen-bond acceptors (Lipinski definition) is 3. The van der Waals surface area contributed by atoms with Crippen LogP contribution in [0.1, 0.15) is 52.9 Å². The molecule has 0 saturated carbocycles. The highest BCUT2D eigenvalue weighted by molar-refractivity contribution is 4.77. The molecule has 0 spiro atoms. The molecule has 3 heteroatoms. The highest BCUT2D eigenvalue weighted by Gasteiger charge is 2.19. The molecule has 0 bridgehead atoms. The summed E-state index contributed by atoms with van der Waals surface area (Å²) in [5.74, 6) is 0. The summed E-state index contributed by atoms with van der Waals surface area (Å²) in [6, 6.07) is 0.718. The lowest BCUT2D eigenvalue weighted by Gasteiger charge is -2.32. The van der Waals surface area contributed by atoms with Crippen molar-refractivity contribution in [3.8, 4) is 0 Å². The van der Waals surface area contributed by atoms with Crippen LogP contribution >= 0.6 is 0 Å². The second kappa shape index (κ2) is 8.13. The fourth-order valence-corrected chi connectivity index (χ4v) is 2.63. The Balaban J connectivity index is 2.04. The Labute approximate surface area is 113 Å². The van der Waals surface area contributed by atoms with Gasteiger partial charge in [-0.1, -0.05) is 20.8 Å². The maximum atomic E-state index is 9.20. The van der Waals surface area contributed by atoms with E-state index >= 15 is 0 Å². The predicted octanol–water partition coefficient (Wildman–Crippen LogP) is 2.25. The SMILES string of the molecule is CCCN1CCC(NCCCC(C)(C)CO)CC1. The number of piperidine rings is 1. The van der Waals surface area contributed by atoms with Crippen LogP contribution in [-0.2, 0) is 0 Å². The zero-order valence-corrected chi connectivity index (χ0v) is 12.5. The number of hydrogen-bond donors (Lipinski definition) is 2. The fraction of sp³-hybridized carbons (Fsp3) is 1.00. The summed E-state index contributed by atoms with van der Waals surface area (Å²) in [5.41, 5.74) is 0.0895. The van der Waals surface area contributed by atoms with Crippen LogP contribution in [0.2, 0.25) is 0 Å². The van der Waals surface area contributed by atoms with Crippen LogP contribution in [0.15, 0.2) is 0 Å². The van der Waals surface area contributed by atoms with Crippen molar-refractivity contribution in [1.82, 2.24) is 10.2 Å². The topological polar surface area (TPSA) is 35.5 Å². The van der Waals surface area contributed by atoms with Crippen molar-refractivity contribution in [3.63, 3.8) is 0 Å². The van der Waals surface area contributed by atoms with Gasteiger partial charge in [0.1, 0.15) is 0 Å². The van der Waals surface area contributed by atoms with E-state index in [2.05, 4.69) is 31.0 Å². The second-order valence-electron chi connectivity index (χ2n) is 6.50. The molecule has 2 N–H and O–H groups in total. The third-order valence-corrected chi connectivity index (χ3v) is 4.02. The van der Waals surface area contributed by atoms with Gasteiger partial charge < -0.3 is 15.3 Å². The van der Waals surface area contributed by atoms with Crippen LogP contribution in [-0.4, -0.2) is 48.8 Å². The molecule has 0 aromatic heterocycles. The zero-order chi connectivity index (χ0) is 13.4. The molecule has 0 aliphatic carbocycles. The van der Waals surface area contributed by atoms with Crippen molar-refractivity contribution in [2.75, 3.05) is 32.8 Å². The summed E-state index contributed by atoms with van der Waals surface area (Å²) in [6.07, 6.45) is 6.13. The maximum Gasteiger partial charge on any atom is 0.0482 e. The predicted molar refractivity (Wildman–Crippen MR) is 77.9 cm³/mol. The summed E-state index contributed by atoms with van der Waals surface area (Å²) in [7, 11) is 0. The Hall–Kier alpha value is -0.120. The zero-order valence-electron chi connectivity index (χ0n) is 12.5. The molecule has 1 aliphatic heterocycles. The first kappa shape index (κ1) is 15.9. The van der Waals surface area contributed by atoms with E-state index in [4.69, 9.17) is 0 Å². The minimum absolute atomic E-state index is 0.0895. The van der Waals surface area contributed by atoms with Crippen LogP contribution in [0, 0.1) is 5.41 Å². The molecule has 0 unspecified atom stereocenters. The molecular formula is C15H32N2O. The van der Waals surface area contributed by atoms with Gasteiger partial charge in [0.2, 0.25) is 0 Å². The first-order valence-electron chi connectivity index (χ1n) is 7.64. The largest absolute Gasteiger partial charge is 0.396 e. The molecule has 18 heavy (non-hydrogen) atoms. The minimum atomic E-state index is 0.0895. The molecule has 3 nitrogen and oxygen atoms in total. The lowest BCUT2D eigenvalue weighted by atomic mass is 9.89. The Kier molecular flexibility index (Phi) is 7.20. The van der Waals surface area contributed by atoms with Gasteiger partial charge >= 0.3 is 0 Å². The van der Waals surface area contributed by atoms with Crippen molar-refractivity contribution in [1.29, 1.82) is 0 Å². The van der Waals surface area contributed by atoms with Crippen molar-refractivity contribution >= 4 is 0 Å². The molecule has 0 aromatic carbocycles. The molecule has 1 aliphatic rings. The number of aliphatic hydroxyl groups excluding tert-OH is 1. The van der Waals surface area contributed by atoms with E-state index < -0.39 is 0 Å². The standard InChI is InChI=1S/C15H32N2O/c1-4-10-17-11-6-14(7-12-17)16-9-5-8-15(2,3)13-18/h14,16,18H,4-13H2,1-3H3. The van der Waals surface area contributed by atoms with Crippen LogP contribution in [0.3, 0.4) is 0 Å². The molecule has 1 fully saturated rings. The molecule has 0 amide bonds. The number of nitrogens with zero attached hydrogens (tertiary/aromatic N) is 1. The van der Waals surface area contributed by atoms with E-state index in [1.807, 2.05) is 0 Å². The lowest BCUT2D eigenvalue weighted by Crippen LogP contribution is -2.43. The van der Waals surface area contributed by atoms with Crippen molar-refractivity contribution in [3.05, 3.63) is 0 Å². The van der Waals surface area contributed by atoms with E-state index in [1.165, 1.54) is 45.3 Å². The number of likely N-dealkylation sites (tertiary alicyclic amines) is 1. The van der Waals surface area contributed by atoms with Crippen LogP contribution < -0.4 is 5.32 Å². The van der Waals surface area contributed by atoms with Gasteiger partial charge in [0.05, 0.1) is 0 Å². The van der Waals surface area contributed by atoms with Crippen molar-refractivity contribution in [2.45, 2.75) is 58.9 Å². The fourth-order valence-electron chi connectivity index (χ4n) is 2.63. The Morgan fingerprint density at radius 3 is 2.50 bits per heavy atom. The summed E-state index contributed by atoms with van der Waals surface area (Å²) in [5, 5.41) is 12.9. The summed E-state index contributed by atoms with van der Waals surface area (Å²) in [6.45, 7) is 11.7. The maximum absolute atomic E-state index is 9.20. The van der Waals surface area contributed by atoms with E-state index in [0.29, 0.717) is 6.61 Å². The Bertz CT molecular complexity index is 211. The van der Waals surface area contributed by atoms with Gasteiger partial charge in [-0.05, 0) is 63.7 Å². The highest BCUT2D eigenvalue weighted by atomic mass is 16.3. The van der Waals surface area contributed by atoms with Gasteiger partial charge in [0, 0.05) is 12.6 Å². The number of aliphatic hydroxyl groups is 1. The van der Waals surface area contributed by atoms with E-state index in [9.17, 15) is 5.11 Å². The second-order valence-corrected chi connectivity index (χ2v) is 6.50. The molecule has 0 radical (unpaired) electrons. The van der Waals surface area contributed by atoms with Crippen molar-refractivity contribution in [2.24, 2.45) is 5.41 Å². The van der Waals surface area contributed by atoms with E-state index in [1.54, 1.807) is 0 Å². The van der Waals surface area contributed by atoms with Gasteiger partial charge in [-0.3, -0.25) is 0 Å². The first-order chi connectivity index (χ1) is 8.57. The van der Waals surface area contributed by atoms with Gasteiger partial charge in [-0.15, -0.1) is 0 Å². The van der Waals surface area contributed by atoms with Gasteiger partial charge in [0.25, 0.3) is 0 Å². The third kappa shape index (κ3) is 6.17. The summed E-state index contributed by atoms with van der Waals surface area (Å²) >= 11 is 0. The van der Waals surface area contributed by atoms with Crippen LogP contribution in [0.25, 0.3) is 0 Å². The first-order valence-corrected chi connectivity index (χ1v) is 7.64. The molecule has 108 valence electrons. The summed E-state index contributed by atoms with van der Waals surface area (Å²) < 4.78 is 0. The molecule has 1 saturated heterocycles. The van der Waals surface area contributed by atoms with Crippen molar-refractivity contribution < 1.29 is 5.11 Å². The third-order valence-electron chi connectivity index (χ3n) is 4.02. The average molecular weight is 256 g/mol. The van der Waals surface area contributed by atoms with Gasteiger partial charge in [-0.2, -0.15) is 0 Å². The summed E-state index contributed by atoms with van der Waals surface area (Å²) in [4.78, 5) is 2.58. The highest BCUT2D eigenvalue weighted by Crippen LogP contribution is 2.20. The Morgan fingerprint density at radius 1 is 1.28 bits per heavy atom. The van der Waals surface area contributed by atoms with Crippen LogP contribution in [0.4, 0.5) is 0 Å². The molecule has 0 atom stereocenters. The van der Waals surface area contributed by atoms with Gasteiger partial charge in [-0.25, -0.2) is 0 Å². The minimum Gasteiger partial charge on any atom is -0.396 e. The lowest BCUT2D eigenvalue weighted by molar-refractivity contribution is 0.146. The van der Waals surface area contributed by atoms with E-state index in [-0.39, 0.29) is 5.41 Å². The molecule has 0 aromatic rings. The molecule has 1 rings (SSSR count).